The highest BCUT2D eigenvalue weighted by molar-refractivity contribution is 5.98. The van der Waals surface area contributed by atoms with Crippen LogP contribution < -0.4 is 10.1 Å². The van der Waals surface area contributed by atoms with Gasteiger partial charge in [-0.15, -0.1) is 0 Å². The summed E-state index contributed by atoms with van der Waals surface area (Å²) in [6.45, 7) is 5.50. The molecule has 0 unspecified atom stereocenters. The Bertz CT molecular complexity index is 1330. The molecule has 6 heteroatoms. The summed E-state index contributed by atoms with van der Waals surface area (Å²) in [5.74, 6) is 1.08. The SMILES string of the molecule is C=COc1ccc(C)c(C(=O)NC2(c3cc(-c4ncccn4)cc4ncccc34)CC2)c1. The Morgan fingerprint density at radius 3 is 2.59 bits per heavy atom. The van der Waals surface area contributed by atoms with E-state index >= 15 is 0 Å². The first kappa shape index (κ1) is 19.9. The van der Waals surface area contributed by atoms with Gasteiger partial charge in [0.25, 0.3) is 5.91 Å². The lowest BCUT2D eigenvalue weighted by Crippen LogP contribution is -2.35. The molecule has 1 amide bonds. The van der Waals surface area contributed by atoms with Gasteiger partial charge in [0.1, 0.15) is 5.75 Å². The maximum Gasteiger partial charge on any atom is 0.252 e. The summed E-state index contributed by atoms with van der Waals surface area (Å²) >= 11 is 0. The minimum atomic E-state index is -0.453. The van der Waals surface area contributed by atoms with E-state index in [-0.39, 0.29) is 5.91 Å². The number of rotatable bonds is 6. The molecule has 0 bridgehead atoms. The summed E-state index contributed by atoms with van der Waals surface area (Å²) in [6, 6.07) is 15.3. The van der Waals surface area contributed by atoms with E-state index in [9.17, 15) is 4.79 Å². The maximum absolute atomic E-state index is 13.3. The average molecular weight is 422 g/mol. The number of amides is 1. The second-order valence-corrected chi connectivity index (χ2v) is 7.96. The lowest BCUT2D eigenvalue weighted by Gasteiger charge is -2.21. The number of ether oxygens (including phenoxy) is 1. The molecule has 6 nitrogen and oxygen atoms in total. The first-order chi connectivity index (χ1) is 15.6. The van der Waals surface area contributed by atoms with Crippen molar-refractivity contribution in [3.8, 4) is 17.1 Å². The lowest BCUT2D eigenvalue weighted by molar-refractivity contribution is 0.0930. The highest BCUT2D eigenvalue weighted by Gasteiger charge is 2.47. The third-order valence-corrected chi connectivity index (χ3v) is 5.84. The Kier molecular flexibility index (Phi) is 4.90. The average Bonchev–Trinajstić information content (AvgIpc) is 3.60. The first-order valence-corrected chi connectivity index (χ1v) is 10.5. The van der Waals surface area contributed by atoms with Crippen LogP contribution in [0.25, 0.3) is 22.3 Å². The third kappa shape index (κ3) is 3.60. The van der Waals surface area contributed by atoms with Crippen molar-refractivity contribution in [2.45, 2.75) is 25.3 Å². The number of benzene rings is 2. The van der Waals surface area contributed by atoms with Crippen LogP contribution in [-0.4, -0.2) is 20.9 Å². The Hall–Kier alpha value is -4.06. The zero-order chi connectivity index (χ0) is 22.1. The molecule has 1 saturated carbocycles. The summed E-state index contributed by atoms with van der Waals surface area (Å²) < 4.78 is 5.37. The highest BCUT2D eigenvalue weighted by Crippen LogP contribution is 2.49. The number of aryl methyl sites for hydroxylation is 1. The number of hydrogen-bond acceptors (Lipinski definition) is 5. The largest absolute Gasteiger partial charge is 0.466 e. The number of nitrogens with zero attached hydrogens (tertiary/aromatic N) is 3. The Morgan fingerprint density at radius 2 is 1.84 bits per heavy atom. The fourth-order valence-corrected chi connectivity index (χ4v) is 4.04. The number of carbonyl (C=O) groups is 1. The van der Waals surface area contributed by atoms with Gasteiger partial charge in [-0.3, -0.25) is 9.78 Å². The number of hydrogen-bond donors (Lipinski definition) is 1. The molecule has 0 atom stereocenters. The molecule has 2 aromatic carbocycles. The van der Waals surface area contributed by atoms with E-state index in [1.54, 1.807) is 30.7 Å². The van der Waals surface area contributed by atoms with Gasteiger partial charge in [0.15, 0.2) is 5.82 Å². The normalized spacial score (nSPS) is 14.0. The monoisotopic (exact) mass is 422 g/mol. The number of carbonyl (C=O) groups excluding carboxylic acids is 1. The molecule has 5 rings (SSSR count). The topological polar surface area (TPSA) is 77.0 Å². The summed E-state index contributed by atoms with van der Waals surface area (Å²) in [5.41, 5.74) is 3.78. The standard InChI is InChI=1S/C26H22N4O2/c1-3-32-19-8-7-17(2)21(16-19)25(31)30-26(9-10-26)22-14-18(24-28-12-5-13-29-24)15-23-20(22)6-4-11-27-23/h3-8,11-16H,1,9-10H2,2H3,(H,30,31). The fourth-order valence-electron chi connectivity index (χ4n) is 4.04. The van der Waals surface area contributed by atoms with Gasteiger partial charge >= 0.3 is 0 Å². The molecule has 0 aliphatic heterocycles. The summed E-state index contributed by atoms with van der Waals surface area (Å²) in [7, 11) is 0. The van der Waals surface area contributed by atoms with Crippen LogP contribution in [0.2, 0.25) is 0 Å². The van der Waals surface area contributed by atoms with Crippen LogP contribution in [-0.2, 0) is 5.54 Å². The minimum absolute atomic E-state index is 0.132. The van der Waals surface area contributed by atoms with Crippen LogP contribution in [0.4, 0.5) is 0 Å². The van der Waals surface area contributed by atoms with Crippen LogP contribution in [0.3, 0.4) is 0 Å². The molecule has 158 valence electrons. The van der Waals surface area contributed by atoms with E-state index in [0.29, 0.717) is 17.1 Å². The van der Waals surface area contributed by atoms with Crippen molar-refractivity contribution in [1.29, 1.82) is 0 Å². The molecular formula is C26H22N4O2. The van der Waals surface area contributed by atoms with Crippen LogP contribution in [0.1, 0.15) is 34.3 Å². The van der Waals surface area contributed by atoms with Crippen LogP contribution in [0.5, 0.6) is 5.75 Å². The van der Waals surface area contributed by atoms with Crippen LogP contribution >= 0.6 is 0 Å². The van der Waals surface area contributed by atoms with Gasteiger partial charge in [-0.2, -0.15) is 0 Å². The lowest BCUT2D eigenvalue weighted by atomic mass is 9.95. The molecule has 2 aromatic heterocycles. The molecule has 32 heavy (non-hydrogen) atoms. The van der Waals surface area contributed by atoms with Gasteiger partial charge in [-0.05, 0) is 67.3 Å². The van der Waals surface area contributed by atoms with Crippen LogP contribution in [0, 0.1) is 6.92 Å². The van der Waals surface area contributed by atoms with E-state index in [1.807, 2.05) is 37.3 Å². The van der Waals surface area contributed by atoms with Crippen LogP contribution in [0.15, 0.2) is 80.0 Å². The van der Waals surface area contributed by atoms with Gasteiger partial charge in [0.05, 0.1) is 17.3 Å². The zero-order valence-corrected chi connectivity index (χ0v) is 17.7. The van der Waals surface area contributed by atoms with E-state index < -0.39 is 5.54 Å². The number of fused-ring (bicyclic) bond motifs is 1. The second-order valence-electron chi connectivity index (χ2n) is 7.96. The molecule has 1 N–H and O–H groups in total. The second kappa shape index (κ2) is 7.89. The number of aromatic nitrogens is 3. The summed E-state index contributed by atoms with van der Waals surface area (Å²) in [5, 5.41) is 4.31. The summed E-state index contributed by atoms with van der Waals surface area (Å²) in [6.07, 6.45) is 8.27. The Labute approximate surface area is 186 Å². The Morgan fingerprint density at radius 1 is 1.06 bits per heavy atom. The van der Waals surface area contributed by atoms with Gasteiger partial charge < -0.3 is 10.1 Å². The zero-order valence-electron chi connectivity index (χ0n) is 17.7. The number of pyridine rings is 1. The van der Waals surface area contributed by atoms with Crippen molar-refractivity contribution in [3.63, 3.8) is 0 Å². The predicted molar refractivity (Wildman–Crippen MR) is 123 cm³/mol. The van der Waals surface area contributed by atoms with Gasteiger partial charge in [0.2, 0.25) is 0 Å². The number of nitrogens with one attached hydrogen (secondary N) is 1. The molecular weight excluding hydrogens is 400 g/mol. The molecule has 1 aliphatic carbocycles. The summed E-state index contributed by atoms with van der Waals surface area (Å²) in [4.78, 5) is 26.7. The first-order valence-electron chi connectivity index (χ1n) is 10.5. The minimum Gasteiger partial charge on any atom is -0.466 e. The molecule has 1 fully saturated rings. The quantitative estimate of drug-likeness (QED) is 0.445. The molecule has 1 aliphatic rings. The molecule has 4 aromatic rings. The highest BCUT2D eigenvalue weighted by atomic mass is 16.5. The van der Waals surface area contributed by atoms with Crippen molar-refractivity contribution in [2.24, 2.45) is 0 Å². The van der Waals surface area contributed by atoms with Gasteiger partial charge in [0, 0.05) is 35.1 Å². The van der Waals surface area contributed by atoms with E-state index in [4.69, 9.17) is 4.74 Å². The van der Waals surface area contributed by atoms with Gasteiger partial charge in [-0.1, -0.05) is 18.7 Å². The van der Waals surface area contributed by atoms with Crippen molar-refractivity contribution in [1.82, 2.24) is 20.3 Å². The molecule has 0 saturated heterocycles. The van der Waals surface area contributed by atoms with Crippen molar-refractivity contribution in [3.05, 3.63) is 96.7 Å². The van der Waals surface area contributed by atoms with Crippen molar-refractivity contribution in [2.75, 3.05) is 0 Å². The van der Waals surface area contributed by atoms with E-state index in [0.717, 1.165) is 40.4 Å². The molecule has 0 radical (unpaired) electrons. The molecule has 2 heterocycles. The third-order valence-electron chi connectivity index (χ3n) is 5.84. The maximum atomic E-state index is 13.3. The van der Waals surface area contributed by atoms with Crippen molar-refractivity contribution >= 4 is 16.8 Å². The van der Waals surface area contributed by atoms with E-state index in [1.165, 1.54) is 6.26 Å². The van der Waals surface area contributed by atoms with E-state index in [2.05, 4.69) is 32.9 Å². The fraction of sp³-hybridized carbons (Fsp3) is 0.154. The Balaban J connectivity index is 1.56. The van der Waals surface area contributed by atoms with Crippen molar-refractivity contribution < 1.29 is 9.53 Å². The van der Waals surface area contributed by atoms with Gasteiger partial charge in [-0.25, -0.2) is 9.97 Å². The predicted octanol–water partition coefficient (Wildman–Crippen LogP) is 4.94. The smallest absolute Gasteiger partial charge is 0.252 e. The molecule has 0 spiro atoms.